The van der Waals surface area contributed by atoms with Crippen LogP contribution >= 0.6 is 11.3 Å². The summed E-state index contributed by atoms with van der Waals surface area (Å²) in [6, 6.07) is 9.98. The molecule has 0 saturated carbocycles. The van der Waals surface area contributed by atoms with Crippen molar-refractivity contribution < 1.29 is 0 Å². The van der Waals surface area contributed by atoms with Crippen molar-refractivity contribution in [3.63, 3.8) is 0 Å². The first-order chi connectivity index (χ1) is 8.40. The van der Waals surface area contributed by atoms with Crippen molar-refractivity contribution in [2.75, 3.05) is 0 Å². The van der Waals surface area contributed by atoms with E-state index in [9.17, 15) is 0 Å². The van der Waals surface area contributed by atoms with Crippen molar-refractivity contribution in [2.45, 2.75) is 34.2 Å². The normalized spacial score (nSPS) is 8.53. The van der Waals surface area contributed by atoms with E-state index in [4.69, 9.17) is 5.73 Å². The third kappa shape index (κ3) is 5.06. The molecule has 0 amide bonds. The molecular weight excluding hydrogens is 230 g/mol. The van der Waals surface area contributed by atoms with Crippen LogP contribution in [-0.2, 0) is 6.54 Å². The second kappa shape index (κ2) is 9.93. The maximum Gasteiger partial charge on any atom is 0.147 e. The number of hydrogen-bond acceptors (Lipinski definition) is 4. The van der Waals surface area contributed by atoms with Crippen LogP contribution in [0.15, 0.2) is 30.3 Å². The van der Waals surface area contributed by atoms with Crippen LogP contribution < -0.4 is 5.73 Å². The van der Waals surface area contributed by atoms with Crippen LogP contribution in [0.2, 0.25) is 0 Å². The number of rotatable bonds is 2. The Balaban J connectivity index is 0.000000581. The van der Waals surface area contributed by atoms with E-state index in [1.165, 1.54) is 11.3 Å². The number of aromatic nitrogens is 2. The molecule has 0 aliphatic carbocycles. The van der Waals surface area contributed by atoms with Crippen LogP contribution in [0.3, 0.4) is 0 Å². The van der Waals surface area contributed by atoms with Crippen molar-refractivity contribution in [2.24, 2.45) is 5.73 Å². The Bertz CT molecular complexity index is 385. The summed E-state index contributed by atoms with van der Waals surface area (Å²) in [5, 5.41) is 9.81. The van der Waals surface area contributed by atoms with Crippen LogP contribution in [0.1, 0.15) is 32.7 Å². The summed E-state index contributed by atoms with van der Waals surface area (Å²) in [5.41, 5.74) is 6.55. The smallest absolute Gasteiger partial charge is 0.147 e. The lowest BCUT2D eigenvalue weighted by molar-refractivity contribution is 0.960. The summed E-state index contributed by atoms with van der Waals surface area (Å²) >= 11 is 1.54. The van der Waals surface area contributed by atoms with Gasteiger partial charge in [-0.2, -0.15) is 0 Å². The molecule has 1 heterocycles. The van der Waals surface area contributed by atoms with E-state index < -0.39 is 0 Å². The molecule has 17 heavy (non-hydrogen) atoms. The van der Waals surface area contributed by atoms with E-state index in [0.717, 1.165) is 15.6 Å². The van der Waals surface area contributed by atoms with Gasteiger partial charge in [-0.25, -0.2) is 0 Å². The van der Waals surface area contributed by atoms with Crippen LogP contribution in [0, 0.1) is 0 Å². The van der Waals surface area contributed by atoms with Gasteiger partial charge in [0.2, 0.25) is 0 Å². The van der Waals surface area contributed by atoms with Crippen molar-refractivity contribution in [3.8, 4) is 10.6 Å². The zero-order valence-electron chi connectivity index (χ0n) is 11.0. The van der Waals surface area contributed by atoms with Crippen LogP contribution in [0.5, 0.6) is 0 Å². The fourth-order valence-electron chi connectivity index (χ4n) is 1.03. The van der Waals surface area contributed by atoms with Crippen molar-refractivity contribution >= 4 is 11.3 Å². The molecule has 2 N–H and O–H groups in total. The van der Waals surface area contributed by atoms with E-state index >= 15 is 0 Å². The Kier molecular flexibility index (Phi) is 9.19. The van der Waals surface area contributed by atoms with Crippen molar-refractivity contribution in [1.82, 2.24) is 10.2 Å². The minimum absolute atomic E-state index is 0.463. The van der Waals surface area contributed by atoms with Gasteiger partial charge >= 0.3 is 0 Å². The molecule has 94 valence electrons. The summed E-state index contributed by atoms with van der Waals surface area (Å²) in [6.45, 7) is 8.46. The van der Waals surface area contributed by atoms with Gasteiger partial charge in [0.25, 0.3) is 0 Å². The largest absolute Gasteiger partial charge is 0.324 e. The van der Waals surface area contributed by atoms with E-state index in [-0.39, 0.29) is 0 Å². The molecule has 2 rings (SSSR count). The fraction of sp³-hybridized carbons (Fsp3) is 0.385. The molecule has 3 nitrogen and oxygen atoms in total. The van der Waals surface area contributed by atoms with E-state index in [2.05, 4.69) is 10.2 Å². The molecule has 0 fully saturated rings. The molecule has 4 heteroatoms. The van der Waals surface area contributed by atoms with Gasteiger partial charge in [-0.05, 0) is 0 Å². The van der Waals surface area contributed by atoms with Gasteiger partial charge in [0.15, 0.2) is 0 Å². The SMILES string of the molecule is CC.CC.NCc1nnc(-c2ccccc2)s1. The van der Waals surface area contributed by atoms with Gasteiger partial charge in [0, 0.05) is 12.1 Å². The average molecular weight is 251 g/mol. The predicted molar refractivity (Wildman–Crippen MR) is 75.9 cm³/mol. The molecule has 0 aliphatic rings. The maximum absolute atomic E-state index is 5.45. The summed E-state index contributed by atoms with van der Waals surface area (Å²) in [4.78, 5) is 0. The minimum Gasteiger partial charge on any atom is -0.324 e. The molecule has 1 aromatic heterocycles. The topological polar surface area (TPSA) is 51.8 Å². The maximum atomic E-state index is 5.45. The Morgan fingerprint density at radius 1 is 1.00 bits per heavy atom. The quantitative estimate of drug-likeness (QED) is 0.885. The monoisotopic (exact) mass is 251 g/mol. The summed E-state index contributed by atoms with van der Waals surface area (Å²) in [6.07, 6.45) is 0. The molecule has 1 aromatic carbocycles. The van der Waals surface area contributed by atoms with Gasteiger partial charge in [-0.15, -0.1) is 10.2 Å². The molecule has 0 bridgehead atoms. The van der Waals surface area contributed by atoms with Gasteiger partial charge in [-0.1, -0.05) is 69.4 Å². The van der Waals surface area contributed by atoms with Crippen molar-refractivity contribution in [3.05, 3.63) is 35.3 Å². The van der Waals surface area contributed by atoms with Crippen LogP contribution in [0.4, 0.5) is 0 Å². The van der Waals surface area contributed by atoms with Gasteiger partial charge in [0.05, 0.1) is 0 Å². The fourth-order valence-corrected chi connectivity index (χ4v) is 1.76. The van der Waals surface area contributed by atoms with E-state index in [0.29, 0.717) is 6.54 Å². The highest BCUT2D eigenvalue weighted by Crippen LogP contribution is 2.22. The van der Waals surface area contributed by atoms with Gasteiger partial charge < -0.3 is 5.73 Å². The third-order valence-corrected chi connectivity index (χ3v) is 2.66. The lowest BCUT2D eigenvalue weighted by Gasteiger charge is -1.91. The second-order valence-electron chi connectivity index (χ2n) is 2.57. The molecule has 0 saturated heterocycles. The molecule has 0 spiro atoms. The molecule has 0 atom stereocenters. The van der Waals surface area contributed by atoms with Crippen molar-refractivity contribution in [1.29, 1.82) is 0 Å². The zero-order valence-corrected chi connectivity index (χ0v) is 11.8. The Morgan fingerprint density at radius 3 is 2.06 bits per heavy atom. The third-order valence-electron chi connectivity index (χ3n) is 1.66. The summed E-state index contributed by atoms with van der Waals surface area (Å²) in [7, 11) is 0. The standard InChI is InChI=1S/C9H9N3S.2C2H6/c10-6-8-11-12-9(13-8)7-4-2-1-3-5-7;2*1-2/h1-5H,6,10H2;2*1-2H3. The van der Waals surface area contributed by atoms with Gasteiger partial charge in [0.1, 0.15) is 10.0 Å². The lowest BCUT2D eigenvalue weighted by atomic mass is 10.2. The Hall–Kier alpha value is -1.26. The zero-order chi connectivity index (χ0) is 13.1. The number of nitrogens with two attached hydrogens (primary N) is 1. The second-order valence-corrected chi connectivity index (χ2v) is 3.63. The summed E-state index contributed by atoms with van der Waals surface area (Å²) < 4.78 is 0. The van der Waals surface area contributed by atoms with E-state index in [1.54, 1.807) is 0 Å². The number of benzene rings is 1. The van der Waals surface area contributed by atoms with Crippen LogP contribution in [-0.4, -0.2) is 10.2 Å². The van der Waals surface area contributed by atoms with E-state index in [1.807, 2.05) is 58.0 Å². The first-order valence-electron chi connectivity index (χ1n) is 5.98. The number of hydrogen-bond donors (Lipinski definition) is 1. The highest BCUT2D eigenvalue weighted by molar-refractivity contribution is 7.14. The summed E-state index contributed by atoms with van der Waals surface area (Å²) in [5.74, 6) is 0. The molecule has 0 radical (unpaired) electrons. The first-order valence-corrected chi connectivity index (χ1v) is 6.79. The minimum atomic E-state index is 0.463. The molecular formula is C13H21N3S. The first kappa shape index (κ1) is 15.7. The highest BCUT2D eigenvalue weighted by Gasteiger charge is 2.03. The Labute approximate surface area is 108 Å². The van der Waals surface area contributed by atoms with Crippen LogP contribution in [0.25, 0.3) is 10.6 Å². The predicted octanol–water partition coefficient (Wildman–Crippen LogP) is 3.72. The Morgan fingerprint density at radius 2 is 1.59 bits per heavy atom. The molecule has 0 aliphatic heterocycles. The molecule has 2 aromatic rings. The molecule has 0 unspecified atom stereocenters. The van der Waals surface area contributed by atoms with Gasteiger partial charge in [-0.3, -0.25) is 0 Å². The number of nitrogens with zero attached hydrogens (tertiary/aromatic N) is 2. The average Bonchev–Trinajstić information content (AvgIpc) is 2.93. The highest BCUT2D eigenvalue weighted by atomic mass is 32.1. The lowest BCUT2D eigenvalue weighted by Crippen LogP contribution is -1.94.